The Kier molecular flexibility index (Phi) is 5.22. The van der Waals surface area contributed by atoms with E-state index in [1.54, 1.807) is 11.3 Å². The topological polar surface area (TPSA) is 87.0 Å². The summed E-state index contributed by atoms with van der Waals surface area (Å²) in [5, 5.41) is 11.3. The van der Waals surface area contributed by atoms with Crippen molar-refractivity contribution in [1.82, 2.24) is 19.5 Å². The van der Waals surface area contributed by atoms with Crippen LogP contribution in [0, 0.1) is 5.92 Å². The standard InChI is InChI=1S/C25H29N5O2S/c1-15-9-16(12-31)11-29(15)25-21-22(26-13-27-24(21)32)23(33-25)17-7-8-20-19(10-17)28-14-30(20)18-5-3-2-4-6-18/h7-8,10,13-16,18,31H,2-6,9,11-12H2,1H3,(H,26,27,32)/t15-,16-/m0/s1. The molecule has 8 heteroatoms. The lowest BCUT2D eigenvalue weighted by Crippen LogP contribution is -2.27. The molecular weight excluding hydrogens is 434 g/mol. The number of anilines is 1. The van der Waals surface area contributed by atoms with Gasteiger partial charge >= 0.3 is 0 Å². The first-order valence-electron chi connectivity index (χ1n) is 12.0. The lowest BCUT2D eigenvalue weighted by molar-refractivity contribution is 0.237. The normalized spacial score (nSPS) is 22.1. The summed E-state index contributed by atoms with van der Waals surface area (Å²) in [6.45, 7) is 3.09. The third-order valence-corrected chi connectivity index (χ3v) is 8.73. The first kappa shape index (κ1) is 20.9. The molecular formula is C25H29N5O2S. The Morgan fingerprint density at radius 3 is 2.85 bits per heavy atom. The van der Waals surface area contributed by atoms with Crippen molar-refractivity contribution >= 4 is 38.3 Å². The van der Waals surface area contributed by atoms with Gasteiger partial charge in [0.1, 0.15) is 10.4 Å². The minimum absolute atomic E-state index is 0.111. The van der Waals surface area contributed by atoms with Gasteiger partial charge in [-0.3, -0.25) is 4.79 Å². The maximum atomic E-state index is 12.9. The molecule has 6 rings (SSSR count). The average molecular weight is 464 g/mol. The first-order chi connectivity index (χ1) is 16.1. The fourth-order valence-electron chi connectivity index (χ4n) is 5.75. The van der Waals surface area contributed by atoms with Crippen molar-refractivity contribution in [3.63, 3.8) is 0 Å². The van der Waals surface area contributed by atoms with E-state index in [1.807, 2.05) is 6.33 Å². The van der Waals surface area contributed by atoms with Crippen LogP contribution in [0.3, 0.4) is 0 Å². The number of aliphatic hydroxyl groups excluding tert-OH is 1. The van der Waals surface area contributed by atoms with Crippen molar-refractivity contribution < 1.29 is 5.11 Å². The van der Waals surface area contributed by atoms with E-state index in [-0.39, 0.29) is 24.1 Å². The number of hydrogen-bond donors (Lipinski definition) is 2. The predicted octanol–water partition coefficient (Wildman–Crippen LogP) is 4.71. The van der Waals surface area contributed by atoms with Crippen LogP contribution in [0.5, 0.6) is 0 Å². The van der Waals surface area contributed by atoms with Gasteiger partial charge in [0.05, 0.1) is 34.1 Å². The monoisotopic (exact) mass is 463 g/mol. The second-order valence-electron chi connectivity index (χ2n) is 9.62. The molecule has 1 aliphatic carbocycles. The maximum absolute atomic E-state index is 12.9. The molecule has 0 unspecified atom stereocenters. The number of nitrogens with zero attached hydrogens (tertiary/aromatic N) is 4. The Morgan fingerprint density at radius 1 is 1.21 bits per heavy atom. The maximum Gasteiger partial charge on any atom is 0.261 e. The number of rotatable bonds is 4. The van der Waals surface area contributed by atoms with Crippen LogP contribution in [-0.2, 0) is 0 Å². The molecule has 0 amide bonds. The van der Waals surface area contributed by atoms with Gasteiger partial charge in [-0.05, 0) is 43.9 Å². The molecule has 2 N–H and O–H groups in total. The van der Waals surface area contributed by atoms with Crippen LogP contribution in [0.15, 0.2) is 35.6 Å². The van der Waals surface area contributed by atoms with Gasteiger partial charge in [-0.1, -0.05) is 25.3 Å². The zero-order valence-electron chi connectivity index (χ0n) is 18.8. The van der Waals surface area contributed by atoms with E-state index in [2.05, 4.69) is 44.6 Å². The van der Waals surface area contributed by atoms with Crippen molar-refractivity contribution in [2.75, 3.05) is 18.1 Å². The Hall–Kier alpha value is -2.71. The number of aliphatic hydroxyl groups is 1. The minimum Gasteiger partial charge on any atom is -0.396 e. The molecule has 4 aromatic rings. The van der Waals surface area contributed by atoms with Gasteiger partial charge in [0.2, 0.25) is 0 Å². The van der Waals surface area contributed by atoms with E-state index in [1.165, 1.54) is 43.9 Å². The van der Waals surface area contributed by atoms with Gasteiger partial charge in [-0.2, -0.15) is 0 Å². The molecule has 1 saturated heterocycles. The van der Waals surface area contributed by atoms with Gasteiger partial charge in [-0.25, -0.2) is 9.97 Å². The van der Waals surface area contributed by atoms with E-state index in [0.717, 1.165) is 39.4 Å². The summed E-state index contributed by atoms with van der Waals surface area (Å²) in [5.41, 5.74) is 3.84. The summed E-state index contributed by atoms with van der Waals surface area (Å²) in [6.07, 6.45) is 10.8. The number of hydrogen-bond acceptors (Lipinski definition) is 6. The number of nitrogens with one attached hydrogen (secondary N) is 1. The van der Waals surface area contributed by atoms with E-state index >= 15 is 0 Å². The molecule has 0 radical (unpaired) electrons. The highest BCUT2D eigenvalue weighted by molar-refractivity contribution is 7.21. The molecule has 2 atom stereocenters. The Morgan fingerprint density at radius 2 is 2.06 bits per heavy atom. The van der Waals surface area contributed by atoms with Crippen molar-refractivity contribution in [2.24, 2.45) is 5.92 Å². The molecule has 1 aromatic carbocycles. The zero-order chi connectivity index (χ0) is 22.5. The predicted molar refractivity (Wildman–Crippen MR) is 133 cm³/mol. The summed E-state index contributed by atoms with van der Waals surface area (Å²) in [5.74, 6) is 0.233. The highest BCUT2D eigenvalue weighted by Gasteiger charge is 2.32. The number of fused-ring (bicyclic) bond motifs is 2. The van der Waals surface area contributed by atoms with Crippen LogP contribution in [0.4, 0.5) is 5.00 Å². The van der Waals surface area contributed by atoms with Crippen LogP contribution >= 0.6 is 11.3 Å². The Bertz CT molecular complexity index is 1370. The molecule has 4 heterocycles. The van der Waals surface area contributed by atoms with Crippen molar-refractivity contribution in [2.45, 2.75) is 57.5 Å². The second-order valence-corrected chi connectivity index (χ2v) is 10.6. The molecule has 2 aliphatic rings. The van der Waals surface area contributed by atoms with Crippen molar-refractivity contribution in [1.29, 1.82) is 0 Å². The lowest BCUT2D eigenvalue weighted by Gasteiger charge is -2.23. The van der Waals surface area contributed by atoms with Crippen molar-refractivity contribution in [3.05, 3.63) is 41.2 Å². The number of thiophene rings is 1. The summed E-state index contributed by atoms with van der Waals surface area (Å²) in [4.78, 5) is 28.2. The van der Waals surface area contributed by atoms with Gasteiger partial charge in [0.15, 0.2) is 0 Å². The molecule has 0 bridgehead atoms. The molecule has 2 fully saturated rings. The molecule has 0 spiro atoms. The molecule has 33 heavy (non-hydrogen) atoms. The summed E-state index contributed by atoms with van der Waals surface area (Å²) < 4.78 is 2.35. The highest BCUT2D eigenvalue weighted by atomic mass is 32.1. The number of aromatic amines is 1. The number of aromatic nitrogens is 4. The first-order valence-corrected chi connectivity index (χ1v) is 12.8. The second kappa shape index (κ2) is 8.25. The molecule has 7 nitrogen and oxygen atoms in total. The fourth-order valence-corrected chi connectivity index (χ4v) is 7.10. The fraction of sp³-hybridized carbons (Fsp3) is 0.480. The number of H-pyrrole nitrogens is 1. The summed E-state index contributed by atoms with van der Waals surface area (Å²) in [6, 6.07) is 7.26. The minimum atomic E-state index is -0.111. The van der Waals surface area contributed by atoms with Crippen LogP contribution < -0.4 is 10.5 Å². The van der Waals surface area contributed by atoms with E-state index < -0.39 is 0 Å². The molecule has 1 saturated carbocycles. The SMILES string of the molecule is C[C@H]1C[C@H](CO)CN1c1sc(-c2ccc3c(c2)ncn3C2CCCCC2)c2nc[nH]c(=O)c12. The van der Waals surface area contributed by atoms with Crippen LogP contribution in [0.2, 0.25) is 0 Å². The van der Waals surface area contributed by atoms with E-state index in [4.69, 9.17) is 4.98 Å². The third kappa shape index (κ3) is 3.47. The number of benzene rings is 1. The zero-order valence-corrected chi connectivity index (χ0v) is 19.6. The summed E-state index contributed by atoms with van der Waals surface area (Å²) in [7, 11) is 0. The Balaban J connectivity index is 1.45. The van der Waals surface area contributed by atoms with E-state index in [0.29, 0.717) is 11.4 Å². The number of imidazole rings is 1. The van der Waals surface area contributed by atoms with Crippen LogP contribution in [0.1, 0.15) is 51.5 Å². The largest absolute Gasteiger partial charge is 0.396 e. The average Bonchev–Trinajstić information content (AvgIpc) is 3.54. The van der Waals surface area contributed by atoms with E-state index in [9.17, 15) is 9.90 Å². The third-order valence-electron chi connectivity index (χ3n) is 7.47. The highest BCUT2D eigenvalue weighted by Crippen LogP contribution is 2.45. The van der Waals surface area contributed by atoms with Crippen LogP contribution in [-0.4, -0.2) is 43.8 Å². The van der Waals surface area contributed by atoms with Gasteiger partial charge in [-0.15, -0.1) is 11.3 Å². The quantitative estimate of drug-likeness (QED) is 0.458. The van der Waals surface area contributed by atoms with Crippen molar-refractivity contribution in [3.8, 4) is 10.4 Å². The van der Waals surface area contributed by atoms with Crippen LogP contribution in [0.25, 0.3) is 32.4 Å². The smallest absolute Gasteiger partial charge is 0.261 e. The molecule has 172 valence electrons. The molecule has 1 aliphatic heterocycles. The lowest BCUT2D eigenvalue weighted by atomic mass is 9.95. The van der Waals surface area contributed by atoms with Gasteiger partial charge in [0.25, 0.3) is 5.56 Å². The van der Waals surface area contributed by atoms with Gasteiger partial charge < -0.3 is 19.6 Å². The molecule has 3 aromatic heterocycles. The summed E-state index contributed by atoms with van der Waals surface area (Å²) >= 11 is 1.62. The van der Waals surface area contributed by atoms with Gasteiger partial charge in [0, 0.05) is 31.2 Å². The Labute approximate surface area is 196 Å².